The van der Waals surface area contributed by atoms with Gasteiger partial charge in [-0.15, -0.1) is 0 Å². The molecule has 0 rings (SSSR count). The molecular formula is C17H31N3O6. The number of esters is 1. The topological polar surface area (TPSA) is 137 Å². The van der Waals surface area contributed by atoms with Crippen LogP contribution in [0.2, 0.25) is 0 Å². The Morgan fingerprint density at radius 1 is 1.12 bits per heavy atom. The molecular weight excluding hydrogens is 342 g/mol. The summed E-state index contributed by atoms with van der Waals surface area (Å²) < 4.78 is 9.74. The first-order chi connectivity index (χ1) is 11.9. The van der Waals surface area contributed by atoms with Crippen molar-refractivity contribution in [3.05, 3.63) is 0 Å². The summed E-state index contributed by atoms with van der Waals surface area (Å²) in [7, 11) is 1.20. The van der Waals surface area contributed by atoms with Crippen molar-refractivity contribution in [3.8, 4) is 0 Å². The van der Waals surface area contributed by atoms with Crippen LogP contribution in [0, 0.1) is 5.92 Å². The lowest BCUT2D eigenvalue weighted by Crippen LogP contribution is -2.46. The van der Waals surface area contributed by atoms with Crippen LogP contribution in [0.1, 0.15) is 53.9 Å². The van der Waals surface area contributed by atoms with Crippen LogP contribution in [-0.4, -0.2) is 48.7 Å². The van der Waals surface area contributed by atoms with Gasteiger partial charge in [0.05, 0.1) is 13.2 Å². The molecule has 0 radical (unpaired) electrons. The van der Waals surface area contributed by atoms with Crippen molar-refractivity contribution in [2.75, 3.05) is 7.11 Å². The van der Waals surface area contributed by atoms with E-state index in [1.807, 2.05) is 0 Å². The Morgan fingerprint density at radius 3 is 2.15 bits per heavy atom. The first kappa shape index (κ1) is 23.8. The number of methoxy groups -OCH3 is 1. The van der Waals surface area contributed by atoms with Crippen LogP contribution in [0.5, 0.6) is 0 Å². The molecule has 0 aliphatic heterocycles. The number of rotatable bonds is 8. The molecule has 0 fully saturated rings. The molecule has 0 aliphatic carbocycles. The minimum Gasteiger partial charge on any atom is -0.467 e. The molecule has 3 amide bonds. The maximum absolute atomic E-state index is 11.8. The maximum atomic E-state index is 11.8. The largest absolute Gasteiger partial charge is 0.467 e. The van der Waals surface area contributed by atoms with E-state index in [2.05, 4.69) is 15.4 Å². The molecule has 0 unspecified atom stereocenters. The van der Waals surface area contributed by atoms with E-state index >= 15 is 0 Å². The molecule has 0 heterocycles. The lowest BCUT2D eigenvalue weighted by atomic mass is 10.0. The lowest BCUT2D eigenvalue weighted by Gasteiger charge is -2.22. The van der Waals surface area contributed by atoms with Crippen molar-refractivity contribution < 1.29 is 28.7 Å². The van der Waals surface area contributed by atoms with Gasteiger partial charge in [0.2, 0.25) is 11.8 Å². The number of carbonyl (C=O) groups excluding carboxylic acids is 4. The van der Waals surface area contributed by atoms with Gasteiger partial charge in [0.25, 0.3) is 0 Å². The molecule has 26 heavy (non-hydrogen) atoms. The van der Waals surface area contributed by atoms with Gasteiger partial charge in [-0.2, -0.15) is 0 Å². The Bertz CT molecular complexity index is 513. The Balaban J connectivity index is 4.50. The average molecular weight is 373 g/mol. The molecule has 0 spiro atoms. The van der Waals surface area contributed by atoms with Crippen LogP contribution >= 0.6 is 0 Å². The predicted octanol–water partition coefficient (Wildman–Crippen LogP) is 0.849. The molecule has 2 atom stereocenters. The SMILES string of the molecule is COC(=O)[C@H](CCCC(=O)NC(=O)[C@@H](N)C(C)C)NC(=O)OC(C)(C)C. The highest BCUT2D eigenvalue weighted by atomic mass is 16.6. The molecule has 0 bridgehead atoms. The zero-order valence-corrected chi connectivity index (χ0v) is 16.4. The normalized spacial score (nSPS) is 13.5. The van der Waals surface area contributed by atoms with E-state index in [1.165, 1.54) is 7.11 Å². The summed E-state index contributed by atoms with van der Waals surface area (Å²) in [6.45, 7) is 8.64. The zero-order chi connectivity index (χ0) is 20.5. The van der Waals surface area contributed by atoms with Crippen LogP contribution in [0.25, 0.3) is 0 Å². The summed E-state index contributed by atoms with van der Waals surface area (Å²) >= 11 is 0. The monoisotopic (exact) mass is 373 g/mol. The third-order valence-corrected chi connectivity index (χ3v) is 3.36. The molecule has 0 aromatic rings. The number of imide groups is 1. The minimum atomic E-state index is -0.948. The number of carbonyl (C=O) groups is 4. The Kier molecular flexibility index (Phi) is 9.85. The second kappa shape index (κ2) is 10.7. The molecule has 0 aromatic carbocycles. The van der Waals surface area contributed by atoms with Gasteiger partial charge in [0, 0.05) is 6.42 Å². The number of alkyl carbamates (subject to hydrolysis) is 1. The fourth-order valence-electron chi connectivity index (χ4n) is 1.89. The Labute approximate surface area is 154 Å². The van der Waals surface area contributed by atoms with E-state index in [9.17, 15) is 19.2 Å². The van der Waals surface area contributed by atoms with Crippen LogP contribution in [0.4, 0.5) is 4.79 Å². The number of hydrogen-bond acceptors (Lipinski definition) is 7. The average Bonchev–Trinajstić information content (AvgIpc) is 2.50. The van der Waals surface area contributed by atoms with Crippen molar-refractivity contribution in [2.24, 2.45) is 11.7 Å². The maximum Gasteiger partial charge on any atom is 0.408 e. The van der Waals surface area contributed by atoms with Crippen LogP contribution in [-0.2, 0) is 23.9 Å². The van der Waals surface area contributed by atoms with Crippen molar-refractivity contribution in [1.29, 1.82) is 0 Å². The number of hydrogen-bond donors (Lipinski definition) is 3. The van der Waals surface area contributed by atoms with Crippen molar-refractivity contribution >= 4 is 23.9 Å². The summed E-state index contributed by atoms with van der Waals surface area (Å²) in [5.74, 6) is -1.77. The second-order valence-electron chi connectivity index (χ2n) is 7.30. The first-order valence-electron chi connectivity index (χ1n) is 8.54. The first-order valence-corrected chi connectivity index (χ1v) is 8.54. The highest BCUT2D eigenvalue weighted by Crippen LogP contribution is 2.09. The molecule has 9 heteroatoms. The van der Waals surface area contributed by atoms with E-state index in [0.717, 1.165) is 0 Å². The highest BCUT2D eigenvalue weighted by Gasteiger charge is 2.25. The van der Waals surface area contributed by atoms with Gasteiger partial charge in [-0.1, -0.05) is 13.8 Å². The zero-order valence-electron chi connectivity index (χ0n) is 16.4. The number of nitrogens with two attached hydrogens (primary N) is 1. The van der Waals surface area contributed by atoms with Crippen molar-refractivity contribution in [3.63, 3.8) is 0 Å². The fraction of sp³-hybridized carbons (Fsp3) is 0.765. The van der Waals surface area contributed by atoms with E-state index < -0.39 is 41.6 Å². The van der Waals surface area contributed by atoms with E-state index in [4.69, 9.17) is 10.5 Å². The number of amides is 3. The highest BCUT2D eigenvalue weighted by molar-refractivity contribution is 5.97. The van der Waals surface area contributed by atoms with Gasteiger partial charge in [0.1, 0.15) is 11.6 Å². The summed E-state index contributed by atoms with van der Waals surface area (Å²) in [5, 5.41) is 4.64. The molecule has 0 saturated heterocycles. The third-order valence-electron chi connectivity index (χ3n) is 3.36. The molecule has 150 valence electrons. The van der Waals surface area contributed by atoms with Crippen LogP contribution in [0.3, 0.4) is 0 Å². The van der Waals surface area contributed by atoms with Gasteiger partial charge >= 0.3 is 12.1 Å². The van der Waals surface area contributed by atoms with Gasteiger partial charge in [-0.3, -0.25) is 14.9 Å². The fourth-order valence-corrected chi connectivity index (χ4v) is 1.89. The van der Waals surface area contributed by atoms with Crippen LogP contribution < -0.4 is 16.4 Å². The summed E-state index contributed by atoms with van der Waals surface area (Å²) in [6, 6.07) is -1.72. The number of ether oxygens (including phenoxy) is 2. The Hall–Kier alpha value is -2.16. The van der Waals surface area contributed by atoms with E-state index in [0.29, 0.717) is 0 Å². The second-order valence-corrected chi connectivity index (χ2v) is 7.30. The van der Waals surface area contributed by atoms with Gasteiger partial charge in [0.15, 0.2) is 0 Å². The molecule has 0 aromatic heterocycles. The molecule has 9 nitrogen and oxygen atoms in total. The van der Waals surface area contributed by atoms with E-state index in [1.54, 1.807) is 34.6 Å². The summed E-state index contributed by atoms with van der Waals surface area (Å²) in [5.41, 5.74) is 4.95. The van der Waals surface area contributed by atoms with Crippen LogP contribution in [0.15, 0.2) is 0 Å². The quantitative estimate of drug-likeness (QED) is 0.536. The summed E-state index contributed by atoms with van der Waals surface area (Å²) in [4.78, 5) is 47.1. The van der Waals surface area contributed by atoms with E-state index in [-0.39, 0.29) is 25.2 Å². The van der Waals surface area contributed by atoms with Gasteiger partial charge in [-0.25, -0.2) is 9.59 Å². The predicted molar refractivity (Wildman–Crippen MR) is 95.0 cm³/mol. The number of nitrogens with one attached hydrogen (secondary N) is 2. The van der Waals surface area contributed by atoms with Gasteiger partial charge < -0.3 is 20.5 Å². The standard InChI is InChI=1S/C17H31N3O6/c1-10(2)13(18)14(22)20-12(21)9-7-8-11(15(23)25-6)19-16(24)26-17(3,4)5/h10-11,13H,7-9,18H2,1-6H3,(H,19,24)(H,20,21,22)/t11-,13-/m0/s1. The minimum absolute atomic E-state index is 0.0000476. The third kappa shape index (κ3) is 9.97. The van der Waals surface area contributed by atoms with Crippen molar-refractivity contribution in [2.45, 2.75) is 71.6 Å². The molecule has 0 saturated carbocycles. The Morgan fingerprint density at radius 2 is 1.69 bits per heavy atom. The smallest absolute Gasteiger partial charge is 0.408 e. The summed E-state index contributed by atoms with van der Waals surface area (Å²) in [6.07, 6.45) is -0.342. The van der Waals surface area contributed by atoms with Crippen molar-refractivity contribution in [1.82, 2.24) is 10.6 Å². The van der Waals surface area contributed by atoms with Gasteiger partial charge in [-0.05, 0) is 39.5 Å². The lowest BCUT2D eigenvalue weighted by molar-refractivity contribution is -0.143. The molecule has 4 N–H and O–H groups in total. The molecule has 0 aliphatic rings.